The first-order valence-electron chi connectivity index (χ1n) is 8.94. The van der Waals surface area contributed by atoms with E-state index in [0.29, 0.717) is 22.2 Å². The van der Waals surface area contributed by atoms with Gasteiger partial charge in [0.15, 0.2) is 5.65 Å². The molecule has 3 aromatic heterocycles. The van der Waals surface area contributed by atoms with E-state index in [-0.39, 0.29) is 5.95 Å². The highest BCUT2D eigenvalue weighted by molar-refractivity contribution is 6.33. The average Bonchev–Trinajstić information content (AvgIpc) is 3.32. The van der Waals surface area contributed by atoms with E-state index < -0.39 is 0 Å². The van der Waals surface area contributed by atoms with Gasteiger partial charge < -0.3 is 9.40 Å². The maximum absolute atomic E-state index is 6.21. The van der Waals surface area contributed by atoms with Crippen LogP contribution in [0.1, 0.15) is 11.3 Å². The fourth-order valence-electron chi connectivity index (χ4n) is 3.11. The Morgan fingerprint density at radius 2 is 2.00 bits per heavy atom. The molecule has 0 aliphatic carbocycles. The van der Waals surface area contributed by atoms with Gasteiger partial charge in [-0.1, -0.05) is 35.4 Å². The first-order valence-corrected chi connectivity index (χ1v) is 9.32. The van der Waals surface area contributed by atoms with E-state index in [9.17, 15) is 0 Å². The third kappa shape index (κ3) is 3.32. The van der Waals surface area contributed by atoms with Crippen LogP contribution in [0.4, 0.5) is 5.95 Å². The van der Waals surface area contributed by atoms with Crippen molar-refractivity contribution in [3.8, 4) is 11.3 Å². The van der Waals surface area contributed by atoms with Gasteiger partial charge >= 0.3 is 0 Å². The molecule has 0 unspecified atom stereocenters. The summed E-state index contributed by atoms with van der Waals surface area (Å²) < 4.78 is 5.77. The number of furan rings is 1. The van der Waals surface area contributed by atoms with Crippen molar-refractivity contribution in [3.63, 3.8) is 0 Å². The minimum Gasteiger partial charge on any atom is -0.455 e. The van der Waals surface area contributed by atoms with Crippen LogP contribution in [0.2, 0.25) is 5.02 Å². The molecule has 29 heavy (non-hydrogen) atoms. The molecule has 8 heteroatoms. The largest absolute Gasteiger partial charge is 0.455 e. The Morgan fingerprint density at radius 3 is 2.90 bits per heavy atom. The highest BCUT2D eigenvalue weighted by atomic mass is 35.5. The molecule has 0 saturated heterocycles. The predicted octanol–water partition coefficient (Wildman–Crippen LogP) is 5.17. The smallest absolute Gasteiger partial charge is 0.265 e. The highest BCUT2D eigenvalue weighted by Crippen LogP contribution is 2.28. The number of rotatable bonds is 4. The van der Waals surface area contributed by atoms with Crippen molar-refractivity contribution in [2.45, 2.75) is 6.92 Å². The van der Waals surface area contributed by atoms with Crippen molar-refractivity contribution >= 4 is 45.8 Å². The summed E-state index contributed by atoms with van der Waals surface area (Å²) in [7, 11) is 0. The third-order valence-electron chi connectivity index (χ3n) is 4.49. The van der Waals surface area contributed by atoms with E-state index >= 15 is 0 Å². The molecule has 0 amide bonds. The van der Waals surface area contributed by atoms with Crippen molar-refractivity contribution in [2.24, 2.45) is 5.10 Å². The van der Waals surface area contributed by atoms with Gasteiger partial charge in [-0.3, -0.25) is 0 Å². The van der Waals surface area contributed by atoms with Gasteiger partial charge in [-0.05, 0) is 43.3 Å². The third-order valence-corrected chi connectivity index (χ3v) is 4.82. The molecule has 7 nitrogen and oxygen atoms in total. The van der Waals surface area contributed by atoms with Crippen LogP contribution in [0.25, 0.3) is 33.4 Å². The van der Waals surface area contributed by atoms with Crippen LogP contribution < -0.4 is 5.43 Å². The molecule has 3 heterocycles. The Morgan fingerprint density at radius 1 is 1.10 bits per heavy atom. The monoisotopic (exact) mass is 402 g/mol. The second-order valence-corrected chi connectivity index (χ2v) is 6.97. The van der Waals surface area contributed by atoms with Crippen LogP contribution in [0.15, 0.2) is 64.1 Å². The number of halogens is 1. The molecule has 5 aromatic rings. The van der Waals surface area contributed by atoms with Crippen LogP contribution in [0.3, 0.4) is 0 Å². The Balaban J connectivity index is 1.36. The molecular weight excluding hydrogens is 388 g/mol. The molecule has 2 aromatic carbocycles. The molecule has 0 bridgehead atoms. The molecule has 142 valence electrons. The molecule has 0 aliphatic rings. The number of hydrazone groups is 1. The minimum atomic E-state index is 0.287. The lowest BCUT2D eigenvalue weighted by atomic mass is 10.2. The Labute approximate surface area is 170 Å². The first-order chi connectivity index (χ1) is 14.2. The molecule has 0 spiro atoms. The lowest BCUT2D eigenvalue weighted by Gasteiger charge is -1.99. The summed E-state index contributed by atoms with van der Waals surface area (Å²) >= 11 is 6.21. The number of hydrogen-bond acceptors (Lipinski definition) is 6. The summed E-state index contributed by atoms with van der Waals surface area (Å²) in [6.07, 6.45) is 1.54. The topological polar surface area (TPSA) is 92.0 Å². The summed E-state index contributed by atoms with van der Waals surface area (Å²) in [4.78, 5) is 7.68. The Hall–Kier alpha value is -3.71. The lowest BCUT2D eigenvalue weighted by molar-refractivity contribution is 0.575. The molecule has 0 saturated carbocycles. The molecule has 0 radical (unpaired) electrons. The van der Waals surface area contributed by atoms with Gasteiger partial charge in [-0.25, -0.2) is 5.43 Å². The van der Waals surface area contributed by atoms with Gasteiger partial charge in [-0.15, -0.1) is 10.2 Å². The van der Waals surface area contributed by atoms with E-state index in [1.807, 2.05) is 55.5 Å². The number of H-pyrrole nitrogens is 1. The van der Waals surface area contributed by atoms with Gasteiger partial charge in [0.1, 0.15) is 17.0 Å². The predicted molar refractivity (Wildman–Crippen MR) is 114 cm³/mol. The summed E-state index contributed by atoms with van der Waals surface area (Å²) in [6.45, 7) is 2.04. The van der Waals surface area contributed by atoms with Crippen molar-refractivity contribution in [1.82, 2.24) is 20.2 Å². The second-order valence-electron chi connectivity index (χ2n) is 6.56. The van der Waals surface area contributed by atoms with Gasteiger partial charge in [0.25, 0.3) is 5.95 Å². The number of hydrogen-bond donors (Lipinski definition) is 2. The number of nitrogens with one attached hydrogen (secondary N) is 2. The zero-order valence-corrected chi connectivity index (χ0v) is 16.1. The van der Waals surface area contributed by atoms with Gasteiger partial charge in [0.05, 0.1) is 11.2 Å². The SMILES string of the molecule is Cc1ccc2[nH]c3nc(NN=Cc4ccc(-c5ccccc5Cl)o4)nnc3c2c1. The summed E-state index contributed by atoms with van der Waals surface area (Å²) in [6, 6.07) is 17.3. The zero-order valence-electron chi connectivity index (χ0n) is 15.3. The van der Waals surface area contributed by atoms with Crippen LogP contribution in [-0.4, -0.2) is 26.4 Å². The van der Waals surface area contributed by atoms with Crippen LogP contribution >= 0.6 is 11.6 Å². The van der Waals surface area contributed by atoms with E-state index in [2.05, 4.69) is 36.8 Å². The number of aromatic amines is 1. The Kier molecular flexibility index (Phi) is 4.22. The summed E-state index contributed by atoms with van der Waals surface area (Å²) in [5, 5.41) is 14.1. The fraction of sp³-hybridized carbons (Fsp3) is 0.0476. The average molecular weight is 403 g/mol. The van der Waals surface area contributed by atoms with Crippen molar-refractivity contribution in [3.05, 3.63) is 70.9 Å². The van der Waals surface area contributed by atoms with Crippen LogP contribution in [-0.2, 0) is 0 Å². The van der Waals surface area contributed by atoms with E-state index in [1.54, 1.807) is 6.21 Å². The van der Waals surface area contributed by atoms with E-state index in [0.717, 1.165) is 27.5 Å². The number of nitrogens with zero attached hydrogens (tertiary/aromatic N) is 4. The molecule has 2 N–H and O–H groups in total. The van der Waals surface area contributed by atoms with Crippen LogP contribution in [0, 0.1) is 6.92 Å². The standard InChI is InChI=1S/C21H15ClN6O/c1-12-6-8-17-15(10-12)19-20(24-17)25-21(28-26-19)27-23-11-13-7-9-18(29-13)14-4-2-3-5-16(14)22/h2-11H,1H3,(H2,24,25,27,28). The molecule has 0 aliphatic heterocycles. The zero-order chi connectivity index (χ0) is 19.8. The number of benzene rings is 2. The maximum Gasteiger partial charge on any atom is 0.265 e. The molecular formula is C21H15ClN6O. The van der Waals surface area contributed by atoms with E-state index in [4.69, 9.17) is 16.0 Å². The number of fused-ring (bicyclic) bond motifs is 3. The molecule has 0 atom stereocenters. The lowest BCUT2D eigenvalue weighted by Crippen LogP contribution is -1.98. The quantitative estimate of drug-likeness (QED) is 0.319. The van der Waals surface area contributed by atoms with Crippen molar-refractivity contribution in [2.75, 3.05) is 5.43 Å². The maximum atomic E-state index is 6.21. The van der Waals surface area contributed by atoms with Crippen molar-refractivity contribution in [1.29, 1.82) is 0 Å². The fourth-order valence-corrected chi connectivity index (χ4v) is 3.34. The molecule has 0 fully saturated rings. The number of aryl methyl sites for hydroxylation is 1. The normalized spacial score (nSPS) is 11.7. The first kappa shape index (κ1) is 17.4. The second kappa shape index (κ2) is 7.03. The van der Waals surface area contributed by atoms with Gasteiger partial charge in [0, 0.05) is 16.5 Å². The van der Waals surface area contributed by atoms with E-state index in [1.165, 1.54) is 0 Å². The molecule has 5 rings (SSSR count). The van der Waals surface area contributed by atoms with Gasteiger partial charge in [-0.2, -0.15) is 10.1 Å². The summed E-state index contributed by atoms with van der Waals surface area (Å²) in [5.74, 6) is 1.53. The number of anilines is 1. The highest BCUT2D eigenvalue weighted by Gasteiger charge is 2.09. The number of aromatic nitrogens is 4. The van der Waals surface area contributed by atoms with Crippen LogP contribution in [0.5, 0.6) is 0 Å². The van der Waals surface area contributed by atoms with Crippen molar-refractivity contribution < 1.29 is 4.42 Å². The van der Waals surface area contributed by atoms with Gasteiger partial charge in [0.2, 0.25) is 0 Å². The minimum absolute atomic E-state index is 0.287. The summed E-state index contributed by atoms with van der Waals surface area (Å²) in [5.41, 5.74) is 7.11. The Bertz CT molecular complexity index is 1370.